The number of nitrogens with zero attached hydrogens (tertiary/aromatic N) is 1. The topological polar surface area (TPSA) is 74.3 Å². The Labute approximate surface area is 199 Å². The van der Waals surface area contributed by atoms with Crippen molar-refractivity contribution in [3.63, 3.8) is 0 Å². The van der Waals surface area contributed by atoms with E-state index in [4.69, 9.17) is 18.9 Å². The van der Waals surface area contributed by atoms with E-state index >= 15 is 0 Å². The monoisotopic (exact) mass is 463 g/mol. The first-order valence-electron chi connectivity index (χ1n) is 11.0. The first-order valence-corrected chi connectivity index (χ1v) is 11.0. The van der Waals surface area contributed by atoms with Gasteiger partial charge in [0.2, 0.25) is 0 Å². The van der Waals surface area contributed by atoms with Crippen molar-refractivity contribution >= 4 is 23.6 Å². The summed E-state index contributed by atoms with van der Waals surface area (Å²) in [6, 6.07) is 12.4. The highest BCUT2D eigenvalue weighted by Gasteiger charge is 2.38. The molecule has 3 rings (SSSR count). The van der Waals surface area contributed by atoms with Crippen LogP contribution in [0.25, 0.3) is 6.08 Å². The van der Waals surface area contributed by atoms with Gasteiger partial charge in [-0.15, -0.1) is 0 Å². The Balaban J connectivity index is 2.05. The van der Waals surface area contributed by atoms with Crippen molar-refractivity contribution in [3.8, 4) is 17.2 Å². The summed E-state index contributed by atoms with van der Waals surface area (Å²) in [6.07, 6.45) is 3.30. The summed E-state index contributed by atoms with van der Waals surface area (Å²) in [5, 5.41) is 0. The number of carbonyl (C=O) groups is 2. The molecule has 2 aromatic carbocycles. The van der Waals surface area contributed by atoms with Gasteiger partial charge < -0.3 is 18.9 Å². The molecule has 0 N–H and O–H groups in total. The molecule has 0 aromatic heterocycles. The van der Waals surface area contributed by atoms with E-state index in [1.807, 2.05) is 6.92 Å². The number of rotatable bonds is 10. The predicted octanol–water partition coefficient (Wildman–Crippen LogP) is 4.93. The maximum absolute atomic E-state index is 13.5. The number of esters is 1. The zero-order chi connectivity index (χ0) is 24.7. The quantitative estimate of drug-likeness (QED) is 0.283. The Hall–Kier alpha value is -4.00. The minimum Gasteiger partial charge on any atom is -0.494 e. The van der Waals surface area contributed by atoms with Gasteiger partial charge in [0.25, 0.3) is 5.91 Å². The van der Waals surface area contributed by atoms with Crippen LogP contribution in [-0.4, -0.2) is 38.8 Å². The first kappa shape index (κ1) is 24.6. The number of ether oxygens (including phenoxy) is 4. The van der Waals surface area contributed by atoms with Gasteiger partial charge in [-0.25, -0.2) is 4.79 Å². The molecule has 178 valence electrons. The van der Waals surface area contributed by atoms with Crippen LogP contribution in [0, 0.1) is 0 Å². The van der Waals surface area contributed by atoms with Crippen molar-refractivity contribution < 1.29 is 28.5 Å². The van der Waals surface area contributed by atoms with E-state index in [-0.39, 0.29) is 23.7 Å². The normalized spacial score (nSPS) is 14.4. The molecule has 0 unspecified atom stereocenters. The largest absolute Gasteiger partial charge is 0.494 e. The fourth-order valence-corrected chi connectivity index (χ4v) is 3.66. The Bertz CT molecular complexity index is 1130. The minimum absolute atomic E-state index is 0.198. The summed E-state index contributed by atoms with van der Waals surface area (Å²) in [6.45, 7) is 10.1. The second-order valence-corrected chi connectivity index (χ2v) is 7.32. The molecular formula is C27H29NO6. The molecule has 0 saturated carbocycles. The van der Waals surface area contributed by atoms with Crippen molar-refractivity contribution in [1.82, 2.24) is 0 Å². The third kappa shape index (κ3) is 5.14. The van der Waals surface area contributed by atoms with Crippen molar-refractivity contribution in [2.75, 3.05) is 31.8 Å². The SMILES string of the molecule is C=CCOc1ccc(/C=C2\C(=O)N(c3ccc(OCC)cc3)C(C)=C2C(=O)OCC)cc1OC. The number of amides is 1. The summed E-state index contributed by atoms with van der Waals surface area (Å²) < 4.78 is 21.8. The van der Waals surface area contributed by atoms with E-state index in [9.17, 15) is 9.59 Å². The summed E-state index contributed by atoms with van der Waals surface area (Å²) in [7, 11) is 1.54. The molecule has 0 aliphatic carbocycles. The fourth-order valence-electron chi connectivity index (χ4n) is 3.66. The van der Waals surface area contributed by atoms with Gasteiger partial charge in [-0.3, -0.25) is 9.69 Å². The maximum Gasteiger partial charge on any atom is 0.340 e. The molecule has 1 amide bonds. The molecule has 2 aromatic rings. The van der Waals surface area contributed by atoms with Gasteiger partial charge >= 0.3 is 5.97 Å². The number of methoxy groups -OCH3 is 1. The van der Waals surface area contributed by atoms with Gasteiger partial charge in [-0.1, -0.05) is 18.7 Å². The zero-order valence-corrected chi connectivity index (χ0v) is 19.9. The van der Waals surface area contributed by atoms with E-state index in [0.717, 1.165) is 0 Å². The maximum atomic E-state index is 13.5. The Morgan fingerprint density at radius 1 is 1.03 bits per heavy atom. The number of hydrogen-bond acceptors (Lipinski definition) is 6. The molecule has 1 aliphatic rings. The van der Waals surface area contributed by atoms with Gasteiger partial charge in [0.15, 0.2) is 11.5 Å². The molecule has 1 heterocycles. The molecule has 34 heavy (non-hydrogen) atoms. The van der Waals surface area contributed by atoms with E-state index < -0.39 is 5.97 Å². The highest BCUT2D eigenvalue weighted by atomic mass is 16.5. The lowest BCUT2D eigenvalue weighted by Crippen LogP contribution is -2.24. The third-order valence-electron chi connectivity index (χ3n) is 5.14. The third-order valence-corrected chi connectivity index (χ3v) is 5.14. The molecule has 0 fully saturated rings. The van der Waals surface area contributed by atoms with Gasteiger partial charge in [0, 0.05) is 11.4 Å². The van der Waals surface area contributed by atoms with Crippen molar-refractivity contribution in [3.05, 3.63) is 77.5 Å². The smallest absolute Gasteiger partial charge is 0.340 e. The molecule has 0 bridgehead atoms. The molecule has 0 saturated heterocycles. The van der Waals surface area contributed by atoms with Crippen LogP contribution in [0.1, 0.15) is 26.3 Å². The van der Waals surface area contributed by atoms with Crippen LogP contribution < -0.4 is 19.1 Å². The molecular weight excluding hydrogens is 434 g/mol. The zero-order valence-electron chi connectivity index (χ0n) is 19.9. The van der Waals surface area contributed by atoms with Gasteiger partial charge in [-0.2, -0.15) is 0 Å². The first-order chi connectivity index (χ1) is 16.4. The lowest BCUT2D eigenvalue weighted by molar-refractivity contribution is -0.138. The van der Waals surface area contributed by atoms with Crippen LogP contribution in [0.5, 0.6) is 17.2 Å². The Morgan fingerprint density at radius 2 is 1.76 bits per heavy atom. The van der Waals surface area contributed by atoms with E-state index in [1.165, 1.54) is 12.0 Å². The molecule has 0 spiro atoms. The van der Waals surface area contributed by atoms with Crippen molar-refractivity contribution in [2.45, 2.75) is 20.8 Å². The summed E-state index contributed by atoms with van der Waals surface area (Å²) >= 11 is 0. The lowest BCUT2D eigenvalue weighted by atomic mass is 10.0. The predicted molar refractivity (Wildman–Crippen MR) is 131 cm³/mol. The highest BCUT2D eigenvalue weighted by Crippen LogP contribution is 2.37. The Kier molecular flexibility index (Phi) is 8.14. The van der Waals surface area contributed by atoms with E-state index in [2.05, 4.69) is 6.58 Å². The van der Waals surface area contributed by atoms with Gasteiger partial charge in [0.05, 0.1) is 31.5 Å². The van der Waals surface area contributed by atoms with Crippen molar-refractivity contribution in [1.29, 1.82) is 0 Å². The second kappa shape index (κ2) is 11.2. The minimum atomic E-state index is -0.550. The highest BCUT2D eigenvalue weighted by molar-refractivity contribution is 6.23. The molecule has 0 radical (unpaired) electrons. The van der Waals surface area contributed by atoms with Crippen LogP contribution in [0.3, 0.4) is 0 Å². The number of benzene rings is 2. The van der Waals surface area contributed by atoms with Crippen molar-refractivity contribution in [2.24, 2.45) is 0 Å². The summed E-state index contributed by atoms with van der Waals surface area (Å²) in [5.74, 6) is 0.882. The second-order valence-electron chi connectivity index (χ2n) is 7.32. The molecule has 7 heteroatoms. The molecule has 1 aliphatic heterocycles. The standard InChI is InChI=1S/C27H29NO6/c1-6-15-34-23-14-9-19(17-24(23)31-5)16-22-25(27(30)33-8-3)18(4)28(26(22)29)20-10-12-21(13-11-20)32-7-2/h6,9-14,16-17H,1,7-8,15H2,2-5H3/b22-16-. The van der Waals surface area contributed by atoms with E-state index in [0.29, 0.717) is 47.4 Å². The van der Waals surface area contributed by atoms with Crippen LogP contribution in [-0.2, 0) is 14.3 Å². The number of allylic oxidation sites excluding steroid dienone is 1. The average molecular weight is 464 g/mol. The molecule has 0 atom stereocenters. The van der Waals surface area contributed by atoms with E-state index in [1.54, 1.807) is 68.5 Å². The molecule has 7 nitrogen and oxygen atoms in total. The van der Waals surface area contributed by atoms with Crippen LogP contribution >= 0.6 is 0 Å². The fraction of sp³-hybridized carbons (Fsp3) is 0.259. The van der Waals surface area contributed by atoms with Crippen LogP contribution in [0.15, 0.2) is 72.0 Å². The number of hydrogen-bond donors (Lipinski definition) is 0. The Morgan fingerprint density at radius 3 is 2.38 bits per heavy atom. The van der Waals surface area contributed by atoms with Crippen LogP contribution in [0.2, 0.25) is 0 Å². The van der Waals surface area contributed by atoms with Crippen LogP contribution in [0.4, 0.5) is 5.69 Å². The number of anilines is 1. The summed E-state index contributed by atoms with van der Waals surface area (Å²) in [5.41, 5.74) is 2.27. The summed E-state index contributed by atoms with van der Waals surface area (Å²) in [4.78, 5) is 27.9. The number of carbonyl (C=O) groups excluding carboxylic acids is 2. The van der Waals surface area contributed by atoms with Gasteiger partial charge in [0.1, 0.15) is 12.4 Å². The lowest BCUT2D eigenvalue weighted by Gasteiger charge is -2.18. The average Bonchev–Trinajstić information content (AvgIpc) is 3.08. The van der Waals surface area contributed by atoms with Gasteiger partial charge in [-0.05, 0) is 68.8 Å².